The second-order valence-electron chi connectivity index (χ2n) is 4.64. The van der Waals surface area contributed by atoms with Crippen molar-refractivity contribution in [3.8, 4) is 0 Å². The molecule has 120 valence electrons. The molecule has 0 bridgehead atoms. The Hall–Kier alpha value is -0.910. The number of hydrogen-bond donors (Lipinski definition) is 4. The topological polar surface area (TPSA) is 131 Å². The van der Waals surface area contributed by atoms with Crippen LogP contribution in [0.5, 0.6) is 0 Å². The Morgan fingerprint density at radius 2 is 2.24 bits per heavy atom. The van der Waals surface area contributed by atoms with Crippen LogP contribution in [0.1, 0.15) is 6.92 Å². The van der Waals surface area contributed by atoms with Crippen LogP contribution in [0.15, 0.2) is 11.8 Å². The van der Waals surface area contributed by atoms with Crippen molar-refractivity contribution in [1.82, 2.24) is 5.32 Å². The molecule has 0 aromatic rings. The van der Waals surface area contributed by atoms with Crippen molar-refractivity contribution in [3.05, 3.63) is 11.8 Å². The van der Waals surface area contributed by atoms with Crippen molar-refractivity contribution < 1.29 is 29.3 Å². The van der Waals surface area contributed by atoms with Gasteiger partial charge in [0.2, 0.25) is 11.7 Å². The number of ether oxygens (including phenoxy) is 2. The highest BCUT2D eigenvalue weighted by Gasteiger charge is 2.43. The summed E-state index contributed by atoms with van der Waals surface area (Å²) < 4.78 is 11.0. The number of aliphatic hydroxyl groups excluding tert-OH is 1. The zero-order valence-electron chi connectivity index (χ0n) is 11.7. The van der Waals surface area contributed by atoms with Crippen molar-refractivity contribution in [2.45, 2.75) is 37.3 Å². The van der Waals surface area contributed by atoms with Gasteiger partial charge in [0.1, 0.15) is 12.2 Å². The molecule has 0 unspecified atom stereocenters. The first-order valence-electron chi connectivity index (χ1n) is 6.23. The van der Waals surface area contributed by atoms with E-state index in [2.05, 4.69) is 5.32 Å². The van der Waals surface area contributed by atoms with Crippen LogP contribution in [0.3, 0.4) is 0 Å². The summed E-state index contributed by atoms with van der Waals surface area (Å²) in [5.41, 5.74) is 5.91. The van der Waals surface area contributed by atoms with Gasteiger partial charge in [-0.25, -0.2) is 4.79 Å². The molecule has 0 saturated carbocycles. The summed E-state index contributed by atoms with van der Waals surface area (Å²) in [4.78, 5) is 22.4. The SMILES string of the molecule is CO[C@@H]([C@@H]1OC(C(=O)O)=C[C@H](N)[C@H]1NC(C)=O)[C@H](O)CI. The lowest BCUT2D eigenvalue weighted by atomic mass is 9.92. The predicted octanol–water partition coefficient (Wildman–Crippen LogP) is -1.00. The number of aliphatic hydroxyl groups is 1. The first-order chi connectivity index (χ1) is 9.81. The van der Waals surface area contributed by atoms with Gasteiger partial charge in [-0.05, 0) is 6.08 Å². The number of rotatable bonds is 6. The summed E-state index contributed by atoms with van der Waals surface area (Å²) >= 11 is 1.97. The monoisotopic (exact) mass is 414 g/mol. The second kappa shape index (κ2) is 7.92. The molecule has 1 aliphatic rings. The molecule has 0 radical (unpaired) electrons. The molecule has 0 saturated heterocycles. The lowest BCUT2D eigenvalue weighted by Gasteiger charge is -2.39. The van der Waals surface area contributed by atoms with E-state index in [1.54, 1.807) is 0 Å². The number of carbonyl (C=O) groups is 2. The van der Waals surface area contributed by atoms with Crippen molar-refractivity contribution in [1.29, 1.82) is 0 Å². The third-order valence-corrected chi connectivity index (χ3v) is 3.99. The highest BCUT2D eigenvalue weighted by atomic mass is 127. The molecule has 0 aromatic carbocycles. The van der Waals surface area contributed by atoms with Crippen molar-refractivity contribution >= 4 is 34.5 Å². The Balaban J connectivity index is 3.11. The first kappa shape index (κ1) is 18.1. The number of carboxylic acids is 1. The summed E-state index contributed by atoms with van der Waals surface area (Å²) in [5, 5.41) is 21.7. The quantitative estimate of drug-likeness (QED) is 0.324. The normalized spacial score (nSPS) is 28.0. The number of aliphatic carboxylic acids is 1. The fourth-order valence-electron chi connectivity index (χ4n) is 2.16. The first-order valence-corrected chi connectivity index (χ1v) is 7.75. The molecule has 1 heterocycles. The number of halogens is 1. The fraction of sp³-hybridized carbons (Fsp3) is 0.667. The summed E-state index contributed by atoms with van der Waals surface area (Å²) in [5.74, 6) is -1.93. The number of hydrogen-bond acceptors (Lipinski definition) is 6. The average Bonchev–Trinajstić information content (AvgIpc) is 2.41. The van der Waals surface area contributed by atoms with Gasteiger partial charge < -0.3 is 30.7 Å². The van der Waals surface area contributed by atoms with Gasteiger partial charge in [0, 0.05) is 18.5 Å². The van der Waals surface area contributed by atoms with Gasteiger partial charge >= 0.3 is 5.97 Å². The molecule has 21 heavy (non-hydrogen) atoms. The van der Waals surface area contributed by atoms with Crippen LogP contribution in [-0.4, -0.2) is 64.0 Å². The van der Waals surface area contributed by atoms with E-state index < -0.39 is 36.4 Å². The van der Waals surface area contributed by atoms with Crippen molar-refractivity contribution in [2.75, 3.05) is 11.5 Å². The zero-order chi connectivity index (χ0) is 16.2. The lowest BCUT2D eigenvalue weighted by molar-refractivity contribution is -0.146. The summed E-state index contributed by atoms with van der Waals surface area (Å²) in [6, 6.07) is -1.47. The number of alkyl halides is 1. The van der Waals surface area contributed by atoms with Gasteiger partial charge in [0.05, 0.1) is 18.2 Å². The van der Waals surface area contributed by atoms with Gasteiger partial charge in [-0.1, -0.05) is 22.6 Å². The third kappa shape index (κ3) is 4.53. The van der Waals surface area contributed by atoms with Gasteiger partial charge in [-0.3, -0.25) is 4.79 Å². The number of nitrogens with one attached hydrogen (secondary N) is 1. The predicted molar refractivity (Wildman–Crippen MR) is 81.9 cm³/mol. The lowest BCUT2D eigenvalue weighted by Crippen LogP contribution is -2.62. The smallest absolute Gasteiger partial charge is 0.370 e. The molecule has 0 fully saturated rings. The van der Waals surface area contributed by atoms with Crippen LogP contribution >= 0.6 is 22.6 Å². The van der Waals surface area contributed by atoms with Crippen LogP contribution in [0.2, 0.25) is 0 Å². The van der Waals surface area contributed by atoms with Gasteiger partial charge in [-0.2, -0.15) is 0 Å². The zero-order valence-corrected chi connectivity index (χ0v) is 13.8. The van der Waals surface area contributed by atoms with Gasteiger partial charge in [0.25, 0.3) is 0 Å². The minimum atomic E-state index is -1.27. The van der Waals surface area contributed by atoms with Crippen LogP contribution < -0.4 is 11.1 Å². The van der Waals surface area contributed by atoms with E-state index in [4.69, 9.17) is 20.3 Å². The Morgan fingerprint density at radius 3 is 2.67 bits per heavy atom. The Labute approximate surface area is 135 Å². The van der Waals surface area contributed by atoms with Crippen molar-refractivity contribution in [3.63, 3.8) is 0 Å². The van der Waals surface area contributed by atoms with E-state index in [1.165, 1.54) is 20.1 Å². The molecule has 5 atom stereocenters. The van der Waals surface area contributed by atoms with E-state index in [0.29, 0.717) is 4.43 Å². The molecular formula is C12H19IN2O6. The molecule has 9 heteroatoms. The number of nitrogens with two attached hydrogens (primary N) is 1. The molecule has 1 amide bonds. The minimum absolute atomic E-state index is 0.322. The van der Waals surface area contributed by atoms with E-state index in [0.717, 1.165) is 0 Å². The minimum Gasteiger partial charge on any atom is -0.478 e. The van der Waals surface area contributed by atoms with E-state index >= 15 is 0 Å². The van der Waals surface area contributed by atoms with E-state index in [9.17, 15) is 14.7 Å². The summed E-state index contributed by atoms with van der Waals surface area (Å²) in [6.45, 7) is 1.32. The maximum absolute atomic E-state index is 11.3. The highest BCUT2D eigenvalue weighted by Crippen LogP contribution is 2.24. The fourth-order valence-corrected chi connectivity index (χ4v) is 2.66. The largest absolute Gasteiger partial charge is 0.478 e. The Kier molecular flexibility index (Phi) is 6.84. The standard InChI is InChI=1S/C12H19IN2O6/c1-5(16)15-9-6(14)3-8(12(18)19)21-11(9)10(20-2)7(17)4-13/h3,6-7,9-11,17H,4,14H2,1-2H3,(H,15,16)(H,18,19)/t6-,7+,9+,10+,11+/m0/s1. The molecular weight excluding hydrogens is 395 g/mol. The number of methoxy groups -OCH3 is 1. The van der Waals surface area contributed by atoms with Crippen molar-refractivity contribution in [2.24, 2.45) is 5.73 Å². The van der Waals surface area contributed by atoms with Gasteiger partial charge in [0.15, 0.2) is 0 Å². The third-order valence-electron chi connectivity index (χ3n) is 3.09. The Bertz CT molecular complexity index is 430. The average molecular weight is 414 g/mol. The summed E-state index contributed by atoms with van der Waals surface area (Å²) in [7, 11) is 1.37. The highest BCUT2D eigenvalue weighted by molar-refractivity contribution is 14.1. The molecule has 0 aromatic heterocycles. The molecule has 1 aliphatic heterocycles. The van der Waals surface area contributed by atoms with Crippen LogP contribution in [0.25, 0.3) is 0 Å². The number of amides is 1. The maximum atomic E-state index is 11.3. The number of carbonyl (C=O) groups excluding carboxylic acids is 1. The van der Waals surface area contributed by atoms with Crippen LogP contribution in [-0.2, 0) is 19.1 Å². The maximum Gasteiger partial charge on any atom is 0.370 e. The Morgan fingerprint density at radius 1 is 1.62 bits per heavy atom. The molecule has 1 rings (SSSR count). The van der Waals surface area contributed by atoms with E-state index in [-0.39, 0.29) is 11.7 Å². The molecule has 5 N–H and O–H groups in total. The van der Waals surface area contributed by atoms with Crippen LogP contribution in [0.4, 0.5) is 0 Å². The molecule has 0 aliphatic carbocycles. The molecule has 8 nitrogen and oxygen atoms in total. The summed E-state index contributed by atoms with van der Waals surface area (Å²) in [6.07, 6.45) is -1.40. The number of carboxylic acid groups (broad SMARTS) is 1. The second-order valence-corrected chi connectivity index (χ2v) is 5.52. The van der Waals surface area contributed by atoms with Gasteiger partial charge in [-0.15, -0.1) is 0 Å². The van der Waals surface area contributed by atoms with Crippen LogP contribution in [0, 0.1) is 0 Å². The molecule has 0 spiro atoms. The van der Waals surface area contributed by atoms with E-state index in [1.807, 2.05) is 22.6 Å².